The zero-order chi connectivity index (χ0) is 25.5. The Morgan fingerprint density at radius 3 is 2.33 bits per heavy atom. The van der Waals surface area contributed by atoms with E-state index < -0.39 is 59.4 Å². The predicted octanol–water partition coefficient (Wildman–Crippen LogP) is 0.0728. The molecule has 2 rings (SSSR count). The summed E-state index contributed by atoms with van der Waals surface area (Å²) in [6.45, 7) is 1.75. The second-order valence-electron chi connectivity index (χ2n) is 6.32. The number of rotatable bonds is 10. The summed E-state index contributed by atoms with van der Waals surface area (Å²) in [4.78, 5) is 62.4. The molecule has 1 aliphatic heterocycles. The van der Waals surface area contributed by atoms with E-state index in [1.54, 1.807) is 0 Å². The molecule has 0 bridgehead atoms. The van der Waals surface area contributed by atoms with Crippen LogP contribution in [-0.4, -0.2) is 53.5 Å². The molecule has 6 N–H and O–H groups in total. The summed E-state index contributed by atoms with van der Waals surface area (Å²) >= 11 is 0. The average molecular weight is 541 g/mol. The van der Waals surface area contributed by atoms with Crippen molar-refractivity contribution in [2.24, 2.45) is 5.92 Å². The van der Waals surface area contributed by atoms with Gasteiger partial charge in [-0.3, -0.25) is 9.09 Å². The number of nitrogens with zero attached hydrogens (tertiary/aromatic N) is 2. The van der Waals surface area contributed by atoms with Gasteiger partial charge in [0.15, 0.2) is 0 Å². The fourth-order valence-electron chi connectivity index (χ4n) is 2.74. The van der Waals surface area contributed by atoms with E-state index >= 15 is 0 Å². The Bertz CT molecular complexity index is 1140. The summed E-state index contributed by atoms with van der Waals surface area (Å²) in [5.74, 6) is -6.95. The van der Waals surface area contributed by atoms with Crippen LogP contribution in [0.5, 0.6) is 0 Å². The maximum Gasteiger partial charge on any atom is 0.490 e. The number of phosphoric ester groups is 1. The summed E-state index contributed by atoms with van der Waals surface area (Å²) in [5, 5.41) is 0. The first-order valence-electron chi connectivity index (χ1n) is 8.15. The van der Waals surface area contributed by atoms with Crippen molar-refractivity contribution in [1.29, 1.82) is 0 Å². The van der Waals surface area contributed by atoms with Crippen LogP contribution in [0.15, 0.2) is 29.7 Å². The standard InChI is InChI=1S/C12H16F2N3O13P3/c1-2-11(6-27-32(23,24)30-33(25,26)29-31(20,21)22)7(5-18)12(13,14)9(28-11)17-4-3-8(15)16-10(17)19/h2-5,7,9H,1,6H2,(H,23,24)(H,25,26)(H2,15,16,19)(H2,20,21,22)/t7?,9-,11-/m1/s1. The molecule has 0 saturated carbocycles. The monoisotopic (exact) mass is 541 g/mol. The van der Waals surface area contributed by atoms with Crippen molar-refractivity contribution in [2.45, 2.75) is 17.8 Å². The number of aldehydes is 1. The summed E-state index contributed by atoms with van der Waals surface area (Å²) < 4.78 is 80.6. The molecule has 0 spiro atoms. The zero-order valence-corrected chi connectivity index (χ0v) is 18.6. The average Bonchev–Trinajstić information content (AvgIpc) is 2.84. The Balaban J connectivity index is 2.35. The van der Waals surface area contributed by atoms with E-state index in [-0.39, 0.29) is 16.7 Å². The number of carbonyl (C=O) groups is 1. The molecule has 1 fully saturated rings. The van der Waals surface area contributed by atoms with Gasteiger partial charge in [-0.2, -0.15) is 13.6 Å². The van der Waals surface area contributed by atoms with Crippen molar-refractivity contribution in [3.05, 3.63) is 35.4 Å². The number of nitrogen functional groups attached to an aromatic ring is 1. The van der Waals surface area contributed by atoms with Gasteiger partial charge < -0.3 is 34.8 Å². The SMILES string of the molecule is C=C[C@]1(COP(=O)(O)OP(=O)(O)OP(=O)(O)O)O[C@@H](n2ccc(N)nc2=O)C(F)(F)C1C=O. The fraction of sp³-hybridized carbons (Fsp3) is 0.417. The van der Waals surface area contributed by atoms with Crippen molar-refractivity contribution in [2.75, 3.05) is 12.3 Å². The molecule has 0 aromatic carbocycles. The Labute approximate surface area is 182 Å². The van der Waals surface area contributed by atoms with E-state index in [1.807, 2.05) is 0 Å². The second kappa shape index (κ2) is 9.17. The lowest BCUT2D eigenvalue weighted by Crippen LogP contribution is -2.44. The molecule has 0 aliphatic carbocycles. The number of halogens is 2. The number of anilines is 1. The van der Waals surface area contributed by atoms with Crippen LogP contribution in [0.2, 0.25) is 0 Å². The zero-order valence-electron chi connectivity index (χ0n) is 15.9. The number of aromatic nitrogens is 2. The van der Waals surface area contributed by atoms with Crippen molar-refractivity contribution in [3.63, 3.8) is 0 Å². The predicted molar refractivity (Wildman–Crippen MR) is 100 cm³/mol. The van der Waals surface area contributed by atoms with Crippen LogP contribution in [0.25, 0.3) is 0 Å². The van der Waals surface area contributed by atoms with Crippen LogP contribution in [0, 0.1) is 5.92 Å². The number of alkyl halides is 2. The summed E-state index contributed by atoms with van der Waals surface area (Å²) in [5.41, 5.74) is 1.39. The molecule has 1 aromatic heterocycles. The highest BCUT2D eigenvalue weighted by molar-refractivity contribution is 7.66. The fourth-order valence-corrected chi connectivity index (χ4v) is 5.79. The quantitative estimate of drug-likeness (QED) is 0.149. The van der Waals surface area contributed by atoms with Gasteiger partial charge in [0.25, 0.3) is 0 Å². The Morgan fingerprint density at radius 2 is 1.85 bits per heavy atom. The maximum atomic E-state index is 15.0. The first-order valence-corrected chi connectivity index (χ1v) is 12.7. The molecule has 16 nitrogen and oxygen atoms in total. The smallest absolute Gasteiger partial charge is 0.383 e. The molecule has 1 aromatic rings. The van der Waals surface area contributed by atoms with E-state index in [0.717, 1.165) is 12.3 Å². The van der Waals surface area contributed by atoms with Gasteiger partial charge in [0.2, 0.25) is 6.23 Å². The first kappa shape index (κ1) is 27.6. The number of nitrogens with two attached hydrogens (primary N) is 1. The van der Waals surface area contributed by atoms with Gasteiger partial charge in [0, 0.05) is 6.20 Å². The molecule has 0 radical (unpaired) electrons. The molecule has 1 saturated heterocycles. The summed E-state index contributed by atoms with van der Waals surface area (Å²) in [7, 11) is -17.3. The van der Waals surface area contributed by atoms with Crippen LogP contribution in [0.4, 0.5) is 14.6 Å². The van der Waals surface area contributed by atoms with Crippen LogP contribution in [0.3, 0.4) is 0 Å². The number of hydrogen-bond donors (Lipinski definition) is 5. The first-order chi connectivity index (χ1) is 14.9. The largest absolute Gasteiger partial charge is 0.490 e. The van der Waals surface area contributed by atoms with Crippen LogP contribution < -0.4 is 11.4 Å². The lowest BCUT2D eigenvalue weighted by atomic mass is 9.86. The third-order valence-corrected chi connectivity index (χ3v) is 7.84. The van der Waals surface area contributed by atoms with Gasteiger partial charge in [-0.1, -0.05) is 6.08 Å². The van der Waals surface area contributed by atoms with Gasteiger partial charge in [-0.05, 0) is 6.07 Å². The highest BCUT2D eigenvalue weighted by Crippen LogP contribution is 2.66. The van der Waals surface area contributed by atoms with Crippen LogP contribution in [-0.2, 0) is 36.4 Å². The molecule has 2 heterocycles. The minimum atomic E-state index is -5.90. The van der Waals surface area contributed by atoms with Gasteiger partial charge in [0.05, 0.1) is 6.61 Å². The van der Waals surface area contributed by atoms with E-state index in [2.05, 4.69) is 24.7 Å². The van der Waals surface area contributed by atoms with E-state index in [4.69, 9.17) is 25.2 Å². The van der Waals surface area contributed by atoms with Gasteiger partial charge in [0.1, 0.15) is 23.6 Å². The van der Waals surface area contributed by atoms with Gasteiger partial charge >= 0.3 is 35.1 Å². The van der Waals surface area contributed by atoms with Crippen molar-refractivity contribution in [3.8, 4) is 0 Å². The van der Waals surface area contributed by atoms with E-state index in [9.17, 15) is 37.0 Å². The lowest BCUT2D eigenvalue weighted by molar-refractivity contribution is -0.138. The van der Waals surface area contributed by atoms with Crippen LogP contribution >= 0.6 is 23.5 Å². The third-order valence-electron chi connectivity index (χ3n) is 4.06. The summed E-state index contributed by atoms with van der Waals surface area (Å²) in [6.07, 6.45) is -1.44. The Kier molecular flexibility index (Phi) is 7.66. The molecule has 33 heavy (non-hydrogen) atoms. The van der Waals surface area contributed by atoms with Crippen LogP contribution in [0.1, 0.15) is 6.23 Å². The highest BCUT2D eigenvalue weighted by Gasteiger charge is 2.67. The molecule has 3 unspecified atom stereocenters. The maximum absolute atomic E-state index is 15.0. The third kappa shape index (κ3) is 6.26. The minimum absolute atomic E-state index is 0.281. The topological polar surface area (TPSA) is 247 Å². The molecule has 0 amide bonds. The van der Waals surface area contributed by atoms with Gasteiger partial charge in [-0.15, -0.1) is 6.58 Å². The molecule has 21 heteroatoms. The number of phosphoric acid groups is 3. The number of ether oxygens (including phenoxy) is 1. The Morgan fingerprint density at radius 1 is 1.24 bits per heavy atom. The number of carbonyl (C=O) groups excluding carboxylic acids is 1. The Hall–Kier alpha value is -1.68. The molecule has 186 valence electrons. The van der Waals surface area contributed by atoms with Crippen molar-refractivity contribution < 1.29 is 64.7 Å². The van der Waals surface area contributed by atoms with E-state index in [1.165, 1.54) is 0 Å². The van der Waals surface area contributed by atoms with E-state index in [0.29, 0.717) is 6.08 Å². The second-order valence-corrected chi connectivity index (χ2v) is 10.7. The van der Waals surface area contributed by atoms with Gasteiger partial charge in [-0.25, -0.2) is 27.3 Å². The molecule has 1 aliphatic rings. The number of hydrogen-bond acceptors (Lipinski definition) is 11. The van der Waals surface area contributed by atoms with Crippen molar-refractivity contribution >= 4 is 35.6 Å². The molecule has 5 atom stereocenters. The highest BCUT2D eigenvalue weighted by atomic mass is 31.3. The van der Waals surface area contributed by atoms with Crippen molar-refractivity contribution in [1.82, 2.24) is 9.55 Å². The lowest BCUT2D eigenvalue weighted by Gasteiger charge is -2.28. The summed E-state index contributed by atoms with van der Waals surface area (Å²) in [6, 6.07) is 0.969. The molecular weight excluding hydrogens is 525 g/mol. The molecular formula is C12H16F2N3O13P3. The minimum Gasteiger partial charge on any atom is -0.383 e. The normalized spacial score (nSPS) is 28.5.